The van der Waals surface area contributed by atoms with Crippen molar-refractivity contribution in [1.29, 1.82) is 0 Å². The second-order valence-corrected chi connectivity index (χ2v) is 9.43. The molecule has 176 valence electrons. The zero-order valence-corrected chi connectivity index (χ0v) is 18.1. The summed E-state index contributed by atoms with van der Waals surface area (Å²) in [5.74, 6) is -7.68. The number of hydrogen-bond donors (Lipinski definition) is 0. The Morgan fingerprint density at radius 1 is 1.16 bits per heavy atom. The number of imidazole rings is 1. The Morgan fingerprint density at radius 3 is 2.41 bits per heavy atom. The van der Waals surface area contributed by atoms with Crippen molar-refractivity contribution in [3.8, 4) is 11.6 Å². The summed E-state index contributed by atoms with van der Waals surface area (Å²) in [6, 6.07) is 2.98. The highest BCUT2D eigenvalue weighted by Gasteiger charge is 2.67. The average molecular weight is 553 g/mol. The number of hydrogen-bond acceptors (Lipinski definition) is 5. The van der Waals surface area contributed by atoms with E-state index in [2.05, 4.69) is 30.7 Å². The lowest BCUT2D eigenvalue weighted by molar-refractivity contribution is -0.336. The smallest absolute Gasteiger partial charge is 0.425 e. The molecule has 0 fully saturated rings. The Labute approximate surface area is 183 Å². The van der Waals surface area contributed by atoms with Crippen LogP contribution in [0.4, 0.5) is 30.7 Å². The molecule has 1 atom stereocenters. The molecule has 0 amide bonds. The molecule has 0 radical (unpaired) electrons. The van der Waals surface area contributed by atoms with E-state index in [1.165, 1.54) is 23.6 Å². The number of ether oxygens (including phenoxy) is 1. The minimum Gasteiger partial charge on any atom is -0.425 e. The van der Waals surface area contributed by atoms with Gasteiger partial charge in [0.15, 0.2) is 26.4 Å². The molecule has 3 aromatic rings. The molecule has 16 heteroatoms. The summed E-state index contributed by atoms with van der Waals surface area (Å²) >= 11 is 3.17. The maximum atomic E-state index is 13.7. The number of alkyl halides is 7. The average Bonchev–Trinajstić information content (AvgIpc) is 3.30. The number of rotatable bonds is 8. The first-order valence-corrected chi connectivity index (χ1v) is 11.0. The second kappa shape index (κ2) is 8.20. The standard InChI is InChI=1S/C16H12BrF7N4O3S/c1-2-32(29,30)14-13(26-10-4-3-8(17)6-27(10)14)28-7-9(5-25-28)31-16(23,24)15(21,22)11(18)12(19)20/h3-7,11-12H,2H2,1H3. The highest BCUT2D eigenvalue weighted by atomic mass is 79.9. The van der Waals surface area contributed by atoms with E-state index in [1.54, 1.807) is 6.07 Å². The van der Waals surface area contributed by atoms with E-state index in [4.69, 9.17) is 0 Å². The van der Waals surface area contributed by atoms with Crippen molar-refractivity contribution in [1.82, 2.24) is 19.2 Å². The van der Waals surface area contributed by atoms with Crippen molar-refractivity contribution in [2.24, 2.45) is 0 Å². The molecule has 0 aliphatic carbocycles. The summed E-state index contributed by atoms with van der Waals surface area (Å²) in [4.78, 5) is 4.06. The van der Waals surface area contributed by atoms with Crippen LogP contribution in [0.15, 0.2) is 40.2 Å². The zero-order valence-electron chi connectivity index (χ0n) is 15.7. The predicted octanol–water partition coefficient (Wildman–Crippen LogP) is 4.29. The van der Waals surface area contributed by atoms with Gasteiger partial charge in [0, 0.05) is 10.7 Å². The first-order valence-electron chi connectivity index (χ1n) is 8.53. The van der Waals surface area contributed by atoms with Gasteiger partial charge in [-0.2, -0.15) is 22.7 Å². The molecule has 3 heterocycles. The van der Waals surface area contributed by atoms with Crippen molar-refractivity contribution < 1.29 is 43.9 Å². The van der Waals surface area contributed by atoms with Crippen LogP contribution in [0.1, 0.15) is 6.92 Å². The van der Waals surface area contributed by atoms with Crippen LogP contribution in [0.3, 0.4) is 0 Å². The third-order valence-electron chi connectivity index (χ3n) is 4.17. The van der Waals surface area contributed by atoms with Gasteiger partial charge in [-0.05, 0) is 28.1 Å². The summed E-state index contributed by atoms with van der Waals surface area (Å²) in [7, 11) is -3.97. The van der Waals surface area contributed by atoms with Gasteiger partial charge in [0.1, 0.15) is 5.65 Å². The van der Waals surface area contributed by atoms with Crippen LogP contribution in [-0.2, 0) is 9.84 Å². The highest BCUT2D eigenvalue weighted by Crippen LogP contribution is 2.42. The molecule has 0 aromatic carbocycles. The Kier molecular flexibility index (Phi) is 6.23. The maximum absolute atomic E-state index is 13.7. The summed E-state index contributed by atoms with van der Waals surface area (Å²) in [5, 5.41) is 3.19. The summed E-state index contributed by atoms with van der Waals surface area (Å²) in [6.07, 6.45) is -12.1. The van der Waals surface area contributed by atoms with Gasteiger partial charge < -0.3 is 4.74 Å². The second-order valence-electron chi connectivity index (χ2n) is 6.32. The van der Waals surface area contributed by atoms with Crippen LogP contribution in [0.2, 0.25) is 0 Å². The van der Waals surface area contributed by atoms with Gasteiger partial charge >= 0.3 is 12.0 Å². The van der Waals surface area contributed by atoms with Gasteiger partial charge in [-0.25, -0.2) is 31.3 Å². The van der Waals surface area contributed by atoms with E-state index in [0.29, 0.717) is 21.5 Å². The van der Waals surface area contributed by atoms with Crippen molar-refractivity contribution in [2.75, 3.05) is 5.75 Å². The lowest BCUT2D eigenvalue weighted by atomic mass is 10.2. The van der Waals surface area contributed by atoms with Gasteiger partial charge in [-0.1, -0.05) is 6.92 Å². The number of pyridine rings is 1. The van der Waals surface area contributed by atoms with Crippen LogP contribution < -0.4 is 4.74 Å². The maximum Gasteiger partial charge on any atom is 0.467 e. The van der Waals surface area contributed by atoms with Crippen LogP contribution in [0, 0.1) is 0 Å². The molecule has 0 aliphatic heterocycles. The van der Waals surface area contributed by atoms with Crippen molar-refractivity contribution in [3.05, 3.63) is 35.2 Å². The van der Waals surface area contributed by atoms with Gasteiger partial charge in [-0.3, -0.25) is 4.40 Å². The third kappa shape index (κ3) is 4.16. The minimum absolute atomic E-state index is 0.127. The molecule has 3 aromatic heterocycles. The summed E-state index contributed by atoms with van der Waals surface area (Å²) in [5.41, 5.74) is 0.127. The number of fused-ring (bicyclic) bond motifs is 1. The van der Waals surface area contributed by atoms with Gasteiger partial charge in [-0.15, -0.1) is 0 Å². The minimum atomic E-state index is -5.87. The lowest BCUT2D eigenvalue weighted by Crippen LogP contribution is -2.53. The fourth-order valence-corrected chi connectivity index (χ4v) is 4.04. The molecule has 3 rings (SSSR count). The molecular weight excluding hydrogens is 541 g/mol. The fourth-order valence-electron chi connectivity index (χ4n) is 2.57. The number of aromatic nitrogens is 4. The molecule has 1 unspecified atom stereocenters. The van der Waals surface area contributed by atoms with Crippen LogP contribution >= 0.6 is 15.9 Å². The Balaban J connectivity index is 2.05. The Hall–Kier alpha value is -2.36. The third-order valence-corrected chi connectivity index (χ3v) is 6.37. The topological polar surface area (TPSA) is 78.5 Å². The molecule has 0 N–H and O–H groups in total. The molecule has 32 heavy (non-hydrogen) atoms. The van der Waals surface area contributed by atoms with Crippen molar-refractivity contribution in [3.63, 3.8) is 0 Å². The molecule has 0 saturated carbocycles. The van der Waals surface area contributed by atoms with Gasteiger partial charge in [0.2, 0.25) is 6.17 Å². The Bertz CT molecular complexity index is 1250. The number of halogens is 8. The molecule has 0 bridgehead atoms. The fraction of sp³-hybridized carbons (Fsp3) is 0.375. The molecule has 0 spiro atoms. The number of sulfone groups is 1. The van der Waals surface area contributed by atoms with E-state index >= 15 is 0 Å². The number of nitrogens with zero attached hydrogens (tertiary/aromatic N) is 4. The van der Waals surface area contributed by atoms with Crippen LogP contribution in [0.5, 0.6) is 5.75 Å². The van der Waals surface area contributed by atoms with Crippen molar-refractivity contribution in [2.45, 2.75) is 36.6 Å². The van der Waals surface area contributed by atoms with Gasteiger partial charge in [0.25, 0.3) is 6.43 Å². The monoisotopic (exact) mass is 552 g/mol. The first-order chi connectivity index (χ1) is 14.7. The predicted molar refractivity (Wildman–Crippen MR) is 99.2 cm³/mol. The largest absolute Gasteiger partial charge is 0.467 e. The highest BCUT2D eigenvalue weighted by molar-refractivity contribution is 9.10. The lowest BCUT2D eigenvalue weighted by Gasteiger charge is -2.27. The molecule has 0 saturated heterocycles. The van der Waals surface area contributed by atoms with E-state index < -0.39 is 40.2 Å². The van der Waals surface area contributed by atoms with E-state index in [-0.39, 0.29) is 22.2 Å². The normalized spacial score (nSPS) is 14.3. The Morgan fingerprint density at radius 2 is 1.81 bits per heavy atom. The van der Waals surface area contributed by atoms with Crippen molar-refractivity contribution >= 4 is 31.4 Å². The van der Waals surface area contributed by atoms with E-state index in [1.807, 2.05) is 0 Å². The molecule has 7 nitrogen and oxygen atoms in total. The zero-order chi connectivity index (χ0) is 24.1. The quantitative estimate of drug-likeness (QED) is 0.390. The summed E-state index contributed by atoms with van der Waals surface area (Å²) in [6.45, 7) is 1.34. The van der Waals surface area contributed by atoms with E-state index in [0.717, 1.165) is 0 Å². The first kappa shape index (κ1) is 24.3. The van der Waals surface area contributed by atoms with Crippen LogP contribution in [0.25, 0.3) is 11.5 Å². The van der Waals surface area contributed by atoms with Gasteiger partial charge in [0.05, 0.1) is 18.1 Å². The van der Waals surface area contributed by atoms with E-state index in [9.17, 15) is 39.2 Å². The van der Waals surface area contributed by atoms with Crippen LogP contribution in [-0.4, -0.2) is 58.0 Å². The SMILES string of the molecule is CCS(=O)(=O)c1c(-n2cc(OC(F)(F)C(F)(F)C(F)C(F)F)cn2)nc2ccc(Br)cn12. The summed E-state index contributed by atoms with van der Waals surface area (Å²) < 4.78 is 123. The molecule has 0 aliphatic rings. The molecular formula is C16H12BrF7N4O3S.